The Bertz CT molecular complexity index is 1050. The van der Waals surface area contributed by atoms with Crippen LogP contribution in [0.4, 0.5) is 4.39 Å². The zero-order valence-electron chi connectivity index (χ0n) is 17.7. The van der Waals surface area contributed by atoms with Gasteiger partial charge in [0.2, 0.25) is 15.9 Å². The van der Waals surface area contributed by atoms with Crippen LogP contribution < -0.4 is 0 Å². The van der Waals surface area contributed by atoms with E-state index in [-0.39, 0.29) is 23.9 Å². The summed E-state index contributed by atoms with van der Waals surface area (Å²) in [5.74, 6) is -0.550. The first-order valence-corrected chi connectivity index (χ1v) is 12.1. The van der Waals surface area contributed by atoms with Gasteiger partial charge in [0.25, 0.3) is 0 Å². The lowest BCUT2D eigenvalue weighted by molar-refractivity contribution is -0.133. The molecule has 1 heterocycles. The van der Waals surface area contributed by atoms with Crippen molar-refractivity contribution in [1.29, 1.82) is 0 Å². The molecule has 4 rings (SSSR count). The van der Waals surface area contributed by atoms with Gasteiger partial charge < -0.3 is 4.90 Å². The fourth-order valence-electron chi connectivity index (χ4n) is 4.03. The Morgan fingerprint density at radius 1 is 1.06 bits per heavy atom. The number of carbonyl (C=O) groups excluding carboxylic acids is 1. The van der Waals surface area contributed by atoms with Gasteiger partial charge >= 0.3 is 0 Å². The van der Waals surface area contributed by atoms with E-state index in [1.165, 1.54) is 33.6 Å². The Hall–Kier alpha value is -2.29. The number of sulfonamides is 1. The van der Waals surface area contributed by atoms with Gasteiger partial charge in [-0.1, -0.05) is 35.9 Å². The van der Waals surface area contributed by atoms with Crippen LogP contribution in [0.1, 0.15) is 24.0 Å². The van der Waals surface area contributed by atoms with E-state index < -0.39 is 15.8 Å². The number of halogens is 1. The average Bonchev–Trinajstić information content (AvgIpc) is 3.59. The minimum Gasteiger partial charge on any atom is -0.339 e. The fourth-order valence-corrected chi connectivity index (χ4v) is 5.48. The molecular weight excluding hydrogens is 417 g/mol. The van der Waals surface area contributed by atoms with E-state index in [4.69, 9.17) is 0 Å². The molecule has 166 valence electrons. The molecule has 1 saturated carbocycles. The van der Waals surface area contributed by atoms with Gasteiger partial charge in [-0.3, -0.25) is 9.69 Å². The largest absolute Gasteiger partial charge is 0.339 e. The minimum atomic E-state index is -3.76. The Kier molecular flexibility index (Phi) is 6.41. The number of nitrogens with zero attached hydrogens (tertiary/aromatic N) is 3. The van der Waals surface area contributed by atoms with Crippen molar-refractivity contribution < 1.29 is 17.6 Å². The van der Waals surface area contributed by atoms with Crippen LogP contribution in [-0.4, -0.2) is 67.2 Å². The number of amides is 1. The Labute approximate surface area is 183 Å². The lowest BCUT2D eigenvalue weighted by Gasteiger charge is -2.35. The molecule has 0 unspecified atom stereocenters. The maximum Gasteiger partial charge on any atom is 0.243 e. The molecule has 1 amide bonds. The SMILES string of the molecule is Cc1cccc(CN(CC(=O)N2CCN(S(=O)(=O)c3cccc(F)c3)CC2)C2CC2)c1. The summed E-state index contributed by atoms with van der Waals surface area (Å²) in [7, 11) is -3.76. The molecule has 2 fully saturated rings. The zero-order valence-corrected chi connectivity index (χ0v) is 18.5. The highest BCUT2D eigenvalue weighted by molar-refractivity contribution is 7.89. The van der Waals surface area contributed by atoms with Crippen LogP contribution in [0.5, 0.6) is 0 Å². The van der Waals surface area contributed by atoms with Crippen molar-refractivity contribution >= 4 is 15.9 Å². The third-order valence-corrected chi connectivity index (χ3v) is 7.79. The van der Waals surface area contributed by atoms with Crippen LogP contribution in [0.2, 0.25) is 0 Å². The minimum absolute atomic E-state index is 0.0300. The summed E-state index contributed by atoms with van der Waals surface area (Å²) in [6, 6.07) is 13.8. The van der Waals surface area contributed by atoms with Crippen molar-refractivity contribution in [3.8, 4) is 0 Å². The van der Waals surface area contributed by atoms with Crippen LogP contribution in [0.25, 0.3) is 0 Å². The maximum atomic E-state index is 13.5. The average molecular weight is 446 g/mol. The van der Waals surface area contributed by atoms with Gasteiger partial charge in [0.05, 0.1) is 11.4 Å². The van der Waals surface area contributed by atoms with Crippen LogP contribution in [-0.2, 0) is 21.4 Å². The van der Waals surface area contributed by atoms with Crippen molar-refractivity contribution in [2.45, 2.75) is 37.2 Å². The highest BCUT2D eigenvalue weighted by atomic mass is 32.2. The van der Waals surface area contributed by atoms with Gasteiger partial charge in [0, 0.05) is 38.8 Å². The van der Waals surface area contributed by atoms with Gasteiger partial charge in [-0.25, -0.2) is 12.8 Å². The highest BCUT2D eigenvalue weighted by Crippen LogP contribution is 2.28. The van der Waals surface area contributed by atoms with Crippen molar-refractivity contribution in [2.75, 3.05) is 32.7 Å². The summed E-state index contributed by atoms with van der Waals surface area (Å²) in [6.45, 7) is 4.26. The molecule has 0 aromatic heterocycles. The topological polar surface area (TPSA) is 60.9 Å². The molecule has 6 nitrogen and oxygen atoms in total. The van der Waals surface area contributed by atoms with Crippen LogP contribution in [0, 0.1) is 12.7 Å². The molecule has 2 aromatic rings. The standard InChI is InChI=1S/C23H28FN3O3S/c1-18-4-2-5-19(14-18)16-26(21-8-9-21)17-23(28)25-10-12-27(13-11-25)31(29,30)22-7-3-6-20(24)15-22/h2-7,14-15,21H,8-13,16-17H2,1H3. The van der Waals surface area contributed by atoms with E-state index in [0.29, 0.717) is 25.7 Å². The maximum absolute atomic E-state index is 13.5. The van der Waals surface area contributed by atoms with Crippen molar-refractivity contribution in [3.05, 3.63) is 65.5 Å². The quantitative estimate of drug-likeness (QED) is 0.658. The third-order valence-electron chi connectivity index (χ3n) is 5.89. The monoisotopic (exact) mass is 445 g/mol. The molecule has 1 aliphatic heterocycles. The first-order valence-electron chi connectivity index (χ1n) is 10.7. The number of hydrogen-bond acceptors (Lipinski definition) is 4. The molecule has 1 aliphatic carbocycles. The second-order valence-electron chi connectivity index (χ2n) is 8.37. The Morgan fingerprint density at radius 3 is 2.42 bits per heavy atom. The zero-order chi connectivity index (χ0) is 22.0. The van der Waals surface area contributed by atoms with Crippen LogP contribution >= 0.6 is 0 Å². The van der Waals surface area contributed by atoms with Crippen LogP contribution in [0.3, 0.4) is 0 Å². The summed E-state index contributed by atoms with van der Waals surface area (Å²) in [5.41, 5.74) is 2.40. The summed E-state index contributed by atoms with van der Waals surface area (Å²) >= 11 is 0. The van der Waals surface area contributed by atoms with E-state index in [2.05, 4.69) is 30.0 Å². The smallest absolute Gasteiger partial charge is 0.243 e. The van der Waals surface area contributed by atoms with E-state index in [1.807, 2.05) is 6.07 Å². The first-order chi connectivity index (χ1) is 14.8. The van der Waals surface area contributed by atoms with Gasteiger partial charge in [0.15, 0.2) is 0 Å². The molecule has 2 aromatic carbocycles. The second-order valence-corrected chi connectivity index (χ2v) is 10.3. The number of aryl methyl sites for hydroxylation is 1. The number of hydrogen-bond donors (Lipinski definition) is 0. The van der Waals surface area contributed by atoms with E-state index in [0.717, 1.165) is 25.5 Å². The third kappa shape index (κ3) is 5.31. The van der Waals surface area contributed by atoms with E-state index in [9.17, 15) is 17.6 Å². The predicted molar refractivity (Wildman–Crippen MR) is 116 cm³/mol. The second kappa shape index (κ2) is 9.06. The number of carbonyl (C=O) groups is 1. The highest BCUT2D eigenvalue weighted by Gasteiger charge is 2.34. The summed E-state index contributed by atoms with van der Waals surface area (Å²) in [5, 5.41) is 0. The fraction of sp³-hybridized carbons (Fsp3) is 0.435. The van der Waals surface area contributed by atoms with Gasteiger partial charge in [-0.2, -0.15) is 4.31 Å². The molecule has 0 N–H and O–H groups in total. The predicted octanol–water partition coefficient (Wildman–Crippen LogP) is 2.63. The van der Waals surface area contributed by atoms with E-state index >= 15 is 0 Å². The molecule has 1 saturated heterocycles. The molecule has 0 bridgehead atoms. The lowest BCUT2D eigenvalue weighted by Crippen LogP contribution is -2.52. The van der Waals surface area contributed by atoms with Crippen molar-refractivity contribution in [1.82, 2.24) is 14.1 Å². The summed E-state index contributed by atoms with van der Waals surface area (Å²) < 4.78 is 40.3. The summed E-state index contributed by atoms with van der Waals surface area (Å²) in [4.78, 5) is 16.9. The normalized spacial score (nSPS) is 17.8. The molecule has 31 heavy (non-hydrogen) atoms. The van der Waals surface area contributed by atoms with Crippen molar-refractivity contribution in [3.63, 3.8) is 0 Å². The van der Waals surface area contributed by atoms with Gasteiger partial charge in [-0.15, -0.1) is 0 Å². The Balaban J connectivity index is 1.35. The van der Waals surface area contributed by atoms with Crippen molar-refractivity contribution in [2.24, 2.45) is 0 Å². The number of benzene rings is 2. The lowest BCUT2D eigenvalue weighted by atomic mass is 10.1. The number of piperazine rings is 1. The summed E-state index contributed by atoms with van der Waals surface area (Å²) in [6.07, 6.45) is 2.22. The van der Waals surface area contributed by atoms with Gasteiger partial charge in [-0.05, 0) is 43.5 Å². The molecule has 8 heteroatoms. The van der Waals surface area contributed by atoms with Crippen LogP contribution in [0.15, 0.2) is 53.4 Å². The molecule has 2 aliphatic rings. The molecule has 0 spiro atoms. The number of rotatable bonds is 7. The Morgan fingerprint density at radius 2 is 1.77 bits per heavy atom. The van der Waals surface area contributed by atoms with Gasteiger partial charge in [0.1, 0.15) is 5.82 Å². The molecule has 0 atom stereocenters. The molecule has 0 radical (unpaired) electrons. The van der Waals surface area contributed by atoms with E-state index in [1.54, 1.807) is 4.90 Å². The molecular formula is C23H28FN3O3S. The first kappa shape index (κ1) is 21.9.